The van der Waals surface area contributed by atoms with Crippen LogP contribution in [0.25, 0.3) is 5.95 Å². The van der Waals surface area contributed by atoms with E-state index in [4.69, 9.17) is 0 Å². The molecule has 3 rings (SSSR count). The van der Waals surface area contributed by atoms with E-state index in [1.54, 1.807) is 35.5 Å². The minimum Gasteiger partial charge on any atom is -0.323 e. The first-order chi connectivity index (χ1) is 11.2. The zero-order chi connectivity index (χ0) is 16.1. The van der Waals surface area contributed by atoms with E-state index in [1.807, 2.05) is 0 Å². The van der Waals surface area contributed by atoms with E-state index >= 15 is 0 Å². The van der Waals surface area contributed by atoms with Gasteiger partial charge in [-0.1, -0.05) is 6.92 Å². The Hall–Kier alpha value is -1.99. The van der Waals surface area contributed by atoms with Gasteiger partial charge in [-0.3, -0.25) is 4.79 Å². The lowest BCUT2D eigenvalue weighted by molar-refractivity contribution is -0.117. The summed E-state index contributed by atoms with van der Waals surface area (Å²) >= 11 is 0. The Balaban J connectivity index is 0.00000208. The van der Waals surface area contributed by atoms with Crippen molar-refractivity contribution in [3.05, 3.63) is 30.9 Å². The first kappa shape index (κ1) is 18.4. The van der Waals surface area contributed by atoms with Crippen LogP contribution in [0.1, 0.15) is 26.2 Å². The summed E-state index contributed by atoms with van der Waals surface area (Å²) in [7, 11) is 0. The summed E-state index contributed by atoms with van der Waals surface area (Å²) in [6.07, 6.45) is 9.57. The molecule has 0 radical (unpaired) electrons. The fourth-order valence-corrected chi connectivity index (χ4v) is 2.94. The zero-order valence-electron chi connectivity index (χ0n) is 13.7. The first-order valence-electron chi connectivity index (χ1n) is 8.05. The molecule has 2 N–H and O–H groups in total. The third-order valence-corrected chi connectivity index (χ3v) is 4.27. The molecule has 0 bridgehead atoms. The molecule has 130 valence electrons. The summed E-state index contributed by atoms with van der Waals surface area (Å²) in [5, 5.41) is 10.5. The van der Waals surface area contributed by atoms with E-state index in [-0.39, 0.29) is 18.3 Å². The molecule has 1 saturated heterocycles. The average Bonchev–Trinajstić information content (AvgIpc) is 3.04. The third kappa shape index (κ3) is 4.75. The predicted molar refractivity (Wildman–Crippen MR) is 94.4 cm³/mol. The van der Waals surface area contributed by atoms with Gasteiger partial charge in [-0.2, -0.15) is 5.10 Å². The summed E-state index contributed by atoms with van der Waals surface area (Å²) < 4.78 is 1.55. The summed E-state index contributed by atoms with van der Waals surface area (Å²) in [5.74, 6) is 1.46. The molecule has 7 nitrogen and oxygen atoms in total. The molecule has 8 heteroatoms. The number of carbonyl (C=O) groups is 1. The molecule has 0 aromatic carbocycles. The van der Waals surface area contributed by atoms with Crippen molar-refractivity contribution >= 4 is 24.0 Å². The molecule has 3 heterocycles. The molecule has 24 heavy (non-hydrogen) atoms. The molecule has 1 amide bonds. The van der Waals surface area contributed by atoms with Crippen molar-refractivity contribution in [3.8, 4) is 5.95 Å². The Bertz CT molecular complexity index is 641. The smallest absolute Gasteiger partial charge is 0.250 e. The number of nitrogens with zero attached hydrogens (tertiary/aromatic N) is 4. The van der Waals surface area contributed by atoms with Gasteiger partial charge in [0.1, 0.15) is 0 Å². The Labute approximate surface area is 147 Å². The van der Waals surface area contributed by atoms with Gasteiger partial charge in [0.05, 0.1) is 18.1 Å². The van der Waals surface area contributed by atoms with Crippen LogP contribution < -0.4 is 10.6 Å². The number of rotatable bonds is 5. The van der Waals surface area contributed by atoms with Crippen molar-refractivity contribution in [1.29, 1.82) is 0 Å². The Morgan fingerprint density at radius 3 is 2.96 bits per heavy atom. The standard InChI is InChI=1S/C16H22N6O.ClH/c1-12(13-4-2-5-17-9-13)8-15(23)21-14-10-20-22(11-14)16-18-6-3-7-19-16;/h3,6-7,10-13,17H,2,4-5,8-9H2,1H3,(H,21,23);1H. The Morgan fingerprint density at radius 1 is 1.46 bits per heavy atom. The molecule has 0 saturated carbocycles. The number of amides is 1. The van der Waals surface area contributed by atoms with Gasteiger partial charge in [-0.05, 0) is 43.8 Å². The van der Waals surface area contributed by atoms with Gasteiger partial charge in [-0.15, -0.1) is 12.4 Å². The molecular weight excluding hydrogens is 328 g/mol. The molecule has 2 atom stereocenters. The van der Waals surface area contributed by atoms with Crippen molar-refractivity contribution in [2.24, 2.45) is 11.8 Å². The SMILES string of the molecule is CC(CC(=O)Nc1cnn(-c2ncccn2)c1)C1CCCNC1.Cl. The lowest BCUT2D eigenvalue weighted by Gasteiger charge is -2.27. The number of halogens is 1. The normalized spacial score (nSPS) is 18.5. The van der Waals surface area contributed by atoms with Crippen LogP contribution in [-0.2, 0) is 4.79 Å². The lowest BCUT2D eigenvalue weighted by Crippen LogP contribution is -2.34. The fraction of sp³-hybridized carbons (Fsp3) is 0.500. The predicted octanol–water partition coefficient (Wildman–Crippen LogP) is 2.05. The number of carbonyl (C=O) groups excluding carboxylic acids is 1. The van der Waals surface area contributed by atoms with E-state index in [0.717, 1.165) is 13.1 Å². The highest BCUT2D eigenvalue weighted by Crippen LogP contribution is 2.23. The van der Waals surface area contributed by atoms with Crippen LogP contribution in [0.2, 0.25) is 0 Å². The number of anilines is 1. The van der Waals surface area contributed by atoms with Crippen LogP contribution in [0.5, 0.6) is 0 Å². The maximum Gasteiger partial charge on any atom is 0.250 e. The van der Waals surface area contributed by atoms with Crippen molar-refractivity contribution in [3.63, 3.8) is 0 Å². The minimum atomic E-state index is 0. The molecule has 1 aliphatic heterocycles. The fourth-order valence-electron chi connectivity index (χ4n) is 2.94. The van der Waals surface area contributed by atoms with Crippen LogP contribution in [0.4, 0.5) is 5.69 Å². The highest BCUT2D eigenvalue weighted by molar-refractivity contribution is 5.90. The molecule has 0 spiro atoms. The van der Waals surface area contributed by atoms with Crippen LogP contribution in [-0.4, -0.2) is 38.7 Å². The van der Waals surface area contributed by atoms with Gasteiger partial charge in [0.25, 0.3) is 0 Å². The van der Waals surface area contributed by atoms with Crippen molar-refractivity contribution < 1.29 is 4.79 Å². The minimum absolute atomic E-state index is 0. The molecule has 2 aromatic rings. The quantitative estimate of drug-likeness (QED) is 0.862. The molecule has 0 aliphatic carbocycles. The van der Waals surface area contributed by atoms with Gasteiger partial charge < -0.3 is 10.6 Å². The number of piperidine rings is 1. The average molecular weight is 351 g/mol. The second-order valence-corrected chi connectivity index (χ2v) is 6.06. The molecular formula is C16H23ClN6O. The van der Waals surface area contributed by atoms with E-state index in [2.05, 4.69) is 32.6 Å². The first-order valence-corrected chi connectivity index (χ1v) is 8.05. The molecule has 1 aliphatic rings. The van der Waals surface area contributed by atoms with E-state index in [0.29, 0.717) is 29.9 Å². The maximum absolute atomic E-state index is 12.2. The summed E-state index contributed by atoms with van der Waals surface area (Å²) in [6, 6.07) is 1.75. The Kier molecular flexibility index (Phi) is 6.69. The van der Waals surface area contributed by atoms with Gasteiger partial charge >= 0.3 is 0 Å². The number of aromatic nitrogens is 4. The third-order valence-electron chi connectivity index (χ3n) is 4.27. The number of nitrogens with one attached hydrogen (secondary N) is 2. The maximum atomic E-state index is 12.2. The molecule has 1 fully saturated rings. The summed E-state index contributed by atoms with van der Waals surface area (Å²) in [5.41, 5.74) is 0.663. The zero-order valence-corrected chi connectivity index (χ0v) is 14.5. The monoisotopic (exact) mass is 350 g/mol. The van der Waals surface area contributed by atoms with Crippen molar-refractivity contribution in [2.75, 3.05) is 18.4 Å². The second-order valence-electron chi connectivity index (χ2n) is 6.06. The van der Waals surface area contributed by atoms with Gasteiger partial charge in [0.15, 0.2) is 0 Å². The van der Waals surface area contributed by atoms with E-state index in [9.17, 15) is 4.79 Å². The lowest BCUT2D eigenvalue weighted by atomic mass is 9.85. The van der Waals surface area contributed by atoms with Crippen LogP contribution in [0.3, 0.4) is 0 Å². The highest BCUT2D eigenvalue weighted by Gasteiger charge is 2.22. The summed E-state index contributed by atoms with van der Waals surface area (Å²) in [4.78, 5) is 20.5. The topological polar surface area (TPSA) is 84.7 Å². The van der Waals surface area contributed by atoms with Gasteiger partial charge in [0.2, 0.25) is 11.9 Å². The van der Waals surface area contributed by atoms with Crippen LogP contribution in [0, 0.1) is 11.8 Å². The van der Waals surface area contributed by atoms with E-state index in [1.165, 1.54) is 12.8 Å². The van der Waals surface area contributed by atoms with Gasteiger partial charge in [0, 0.05) is 18.8 Å². The Morgan fingerprint density at radius 2 is 2.25 bits per heavy atom. The highest BCUT2D eigenvalue weighted by atomic mass is 35.5. The van der Waals surface area contributed by atoms with Gasteiger partial charge in [-0.25, -0.2) is 14.6 Å². The number of hydrogen-bond acceptors (Lipinski definition) is 5. The van der Waals surface area contributed by atoms with E-state index < -0.39 is 0 Å². The molecule has 2 aromatic heterocycles. The largest absolute Gasteiger partial charge is 0.323 e. The summed E-state index contributed by atoms with van der Waals surface area (Å²) in [6.45, 7) is 4.26. The van der Waals surface area contributed by atoms with Crippen molar-refractivity contribution in [2.45, 2.75) is 26.2 Å². The van der Waals surface area contributed by atoms with Crippen molar-refractivity contribution in [1.82, 2.24) is 25.1 Å². The second kappa shape index (κ2) is 8.75. The van der Waals surface area contributed by atoms with Crippen LogP contribution in [0.15, 0.2) is 30.9 Å². The molecule has 2 unspecified atom stereocenters. The van der Waals surface area contributed by atoms with Crippen LogP contribution >= 0.6 is 12.4 Å². The number of hydrogen-bond donors (Lipinski definition) is 2.